The average molecular weight is 349 g/mol. The molecular weight excluding hydrogens is 325 g/mol. The molecule has 1 heterocycles. The molecule has 0 bridgehead atoms. The van der Waals surface area contributed by atoms with Crippen molar-refractivity contribution in [1.29, 1.82) is 0 Å². The molecule has 1 atom stereocenters. The van der Waals surface area contributed by atoms with Crippen molar-refractivity contribution in [3.8, 4) is 11.4 Å². The quantitative estimate of drug-likeness (QED) is 0.765. The molecule has 1 amide bonds. The van der Waals surface area contributed by atoms with Gasteiger partial charge in [0.15, 0.2) is 0 Å². The highest BCUT2D eigenvalue weighted by Crippen LogP contribution is 2.19. The van der Waals surface area contributed by atoms with Crippen molar-refractivity contribution < 1.29 is 18.8 Å². The lowest BCUT2D eigenvalue weighted by molar-refractivity contribution is -0.121. The molecule has 1 aromatic heterocycles. The van der Waals surface area contributed by atoms with Gasteiger partial charge < -0.3 is 14.9 Å². The Kier molecular flexibility index (Phi) is 6.64. The third-order valence-corrected chi connectivity index (χ3v) is 3.73. The van der Waals surface area contributed by atoms with Crippen molar-refractivity contribution in [3.05, 3.63) is 35.5 Å². The van der Waals surface area contributed by atoms with E-state index >= 15 is 0 Å². The maximum Gasteiger partial charge on any atom is 0.227 e. The molecule has 136 valence electrons. The standard InChI is InChI=1S/C18H24FN3O3/c1-11(2)8-14(23)10-20-16(24)6-7-17-21-18(22-25-17)13-4-5-15(19)12(3)9-13/h4-5,9,11,14,23H,6-8,10H2,1-3H3,(H,20,24). The Morgan fingerprint density at radius 3 is 2.84 bits per heavy atom. The van der Waals surface area contributed by atoms with E-state index in [-0.39, 0.29) is 24.7 Å². The average Bonchev–Trinajstić information content (AvgIpc) is 3.02. The van der Waals surface area contributed by atoms with Gasteiger partial charge in [-0.25, -0.2) is 4.39 Å². The Balaban J connectivity index is 1.83. The highest BCUT2D eigenvalue weighted by Gasteiger charge is 2.13. The summed E-state index contributed by atoms with van der Waals surface area (Å²) >= 11 is 0. The number of nitrogens with one attached hydrogen (secondary N) is 1. The molecule has 1 aromatic carbocycles. The smallest absolute Gasteiger partial charge is 0.227 e. The first kappa shape index (κ1) is 19.1. The number of hydrogen-bond acceptors (Lipinski definition) is 5. The number of rotatable bonds is 8. The minimum absolute atomic E-state index is 0.180. The van der Waals surface area contributed by atoms with E-state index in [2.05, 4.69) is 15.5 Å². The van der Waals surface area contributed by atoms with Crippen LogP contribution in [-0.4, -0.2) is 33.8 Å². The zero-order valence-electron chi connectivity index (χ0n) is 14.8. The van der Waals surface area contributed by atoms with Crippen molar-refractivity contribution in [2.75, 3.05) is 6.54 Å². The van der Waals surface area contributed by atoms with E-state index in [1.165, 1.54) is 6.07 Å². The van der Waals surface area contributed by atoms with Crippen molar-refractivity contribution in [2.24, 2.45) is 5.92 Å². The van der Waals surface area contributed by atoms with Crippen LogP contribution in [0.1, 0.15) is 38.1 Å². The van der Waals surface area contributed by atoms with Gasteiger partial charge in [-0.1, -0.05) is 19.0 Å². The number of halogens is 1. The van der Waals surface area contributed by atoms with Gasteiger partial charge in [-0.2, -0.15) is 4.98 Å². The molecule has 0 radical (unpaired) electrons. The van der Waals surface area contributed by atoms with Crippen LogP contribution in [0.15, 0.2) is 22.7 Å². The second kappa shape index (κ2) is 8.71. The number of hydrogen-bond donors (Lipinski definition) is 2. The predicted molar refractivity (Wildman–Crippen MR) is 91.2 cm³/mol. The lowest BCUT2D eigenvalue weighted by Gasteiger charge is -2.13. The number of aryl methyl sites for hydroxylation is 2. The molecule has 0 aliphatic rings. The molecule has 0 fully saturated rings. The fraction of sp³-hybridized carbons (Fsp3) is 0.500. The second-order valence-corrected chi connectivity index (χ2v) is 6.56. The summed E-state index contributed by atoms with van der Waals surface area (Å²) in [5.41, 5.74) is 1.17. The zero-order chi connectivity index (χ0) is 18.4. The van der Waals surface area contributed by atoms with Gasteiger partial charge in [0.2, 0.25) is 17.6 Å². The highest BCUT2D eigenvalue weighted by molar-refractivity contribution is 5.76. The maximum absolute atomic E-state index is 13.3. The van der Waals surface area contributed by atoms with E-state index < -0.39 is 6.10 Å². The maximum atomic E-state index is 13.3. The number of carbonyl (C=O) groups is 1. The summed E-state index contributed by atoms with van der Waals surface area (Å²) in [6, 6.07) is 4.59. The predicted octanol–water partition coefficient (Wildman–Crippen LogP) is 2.64. The summed E-state index contributed by atoms with van der Waals surface area (Å²) in [5.74, 6) is 0.614. The first-order valence-electron chi connectivity index (χ1n) is 8.39. The van der Waals surface area contributed by atoms with E-state index in [0.29, 0.717) is 41.6 Å². The molecule has 2 N–H and O–H groups in total. The van der Waals surface area contributed by atoms with Crippen molar-refractivity contribution in [1.82, 2.24) is 15.5 Å². The third kappa shape index (κ3) is 5.94. The van der Waals surface area contributed by atoms with Crippen LogP contribution in [0.4, 0.5) is 4.39 Å². The molecule has 2 aromatic rings. The van der Waals surface area contributed by atoms with Crippen LogP contribution < -0.4 is 5.32 Å². The molecule has 0 spiro atoms. The van der Waals surface area contributed by atoms with Crippen LogP contribution in [0, 0.1) is 18.7 Å². The van der Waals surface area contributed by atoms with Crippen LogP contribution in [-0.2, 0) is 11.2 Å². The van der Waals surface area contributed by atoms with Gasteiger partial charge in [0.05, 0.1) is 6.10 Å². The first-order valence-corrected chi connectivity index (χ1v) is 8.39. The van der Waals surface area contributed by atoms with E-state index in [1.54, 1.807) is 19.1 Å². The monoisotopic (exact) mass is 349 g/mol. The Morgan fingerprint density at radius 2 is 2.16 bits per heavy atom. The number of aliphatic hydroxyl groups excluding tert-OH is 1. The summed E-state index contributed by atoms with van der Waals surface area (Å²) in [6.07, 6.45) is 0.600. The summed E-state index contributed by atoms with van der Waals surface area (Å²) in [5, 5.41) is 16.3. The zero-order valence-corrected chi connectivity index (χ0v) is 14.8. The van der Waals surface area contributed by atoms with E-state index in [4.69, 9.17) is 4.52 Å². The molecule has 0 aliphatic carbocycles. The molecule has 0 saturated carbocycles. The fourth-order valence-electron chi connectivity index (χ4n) is 2.43. The fourth-order valence-corrected chi connectivity index (χ4v) is 2.43. The van der Waals surface area contributed by atoms with Gasteiger partial charge in [-0.3, -0.25) is 4.79 Å². The Morgan fingerprint density at radius 1 is 1.40 bits per heavy atom. The minimum atomic E-state index is -0.541. The largest absolute Gasteiger partial charge is 0.391 e. The lowest BCUT2D eigenvalue weighted by atomic mass is 10.1. The molecule has 0 saturated heterocycles. The van der Waals surface area contributed by atoms with Gasteiger partial charge in [0, 0.05) is 24.9 Å². The Hall–Kier alpha value is -2.28. The van der Waals surface area contributed by atoms with Crippen LogP contribution in [0.3, 0.4) is 0 Å². The molecular formula is C18H24FN3O3. The van der Waals surface area contributed by atoms with Gasteiger partial charge in [0.1, 0.15) is 5.82 Å². The molecule has 6 nitrogen and oxygen atoms in total. The third-order valence-electron chi connectivity index (χ3n) is 3.73. The molecule has 1 unspecified atom stereocenters. The molecule has 7 heteroatoms. The van der Waals surface area contributed by atoms with Crippen LogP contribution in [0.5, 0.6) is 0 Å². The van der Waals surface area contributed by atoms with Crippen LogP contribution in [0.25, 0.3) is 11.4 Å². The SMILES string of the molecule is Cc1cc(-c2noc(CCC(=O)NCC(O)CC(C)C)n2)ccc1F. The summed E-state index contributed by atoms with van der Waals surface area (Å²) in [6.45, 7) is 5.93. The van der Waals surface area contributed by atoms with Crippen molar-refractivity contribution in [3.63, 3.8) is 0 Å². The van der Waals surface area contributed by atoms with Gasteiger partial charge >= 0.3 is 0 Å². The number of aromatic nitrogens is 2. The van der Waals surface area contributed by atoms with Crippen LogP contribution in [0.2, 0.25) is 0 Å². The summed E-state index contributed by atoms with van der Waals surface area (Å²) in [4.78, 5) is 16.0. The summed E-state index contributed by atoms with van der Waals surface area (Å²) in [7, 11) is 0. The van der Waals surface area contributed by atoms with Gasteiger partial charge in [-0.05, 0) is 43.0 Å². The number of carbonyl (C=O) groups excluding carboxylic acids is 1. The topological polar surface area (TPSA) is 88.2 Å². The van der Waals surface area contributed by atoms with Gasteiger partial charge in [0.25, 0.3) is 0 Å². The normalized spacial score (nSPS) is 12.4. The Bertz CT molecular complexity index is 715. The summed E-state index contributed by atoms with van der Waals surface area (Å²) < 4.78 is 18.4. The van der Waals surface area contributed by atoms with Gasteiger partial charge in [-0.15, -0.1) is 0 Å². The molecule has 2 rings (SSSR count). The Labute approximate surface area is 146 Å². The number of benzene rings is 1. The minimum Gasteiger partial charge on any atom is -0.391 e. The van der Waals surface area contributed by atoms with E-state index in [9.17, 15) is 14.3 Å². The second-order valence-electron chi connectivity index (χ2n) is 6.56. The first-order chi connectivity index (χ1) is 11.8. The van der Waals surface area contributed by atoms with Crippen molar-refractivity contribution in [2.45, 2.75) is 46.1 Å². The highest BCUT2D eigenvalue weighted by atomic mass is 19.1. The number of aliphatic hydroxyl groups is 1. The van der Waals surface area contributed by atoms with E-state index in [1.807, 2.05) is 13.8 Å². The van der Waals surface area contributed by atoms with Crippen LogP contribution >= 0.6 is 0 Å². The number of amides is 1. The molecule has 0 aliphatic heterocycles. The van der Waals surface area contributed by atoms with E-state index in [0.717, 1.165) is 0 Å². The van der Waals surface area contributed by atoms with Crippen molar-refractivity contribution >= 4 is 5.91 Å². The molecule has 25 heavy (non-hydrogen) atoms. The lowest BCUT2D eigenvalue weighted by Crippen LogP contribution is -2.32. The number of nitrogens with zero attached hydrogens (tertiary/aromatic N) is 2.